The van der Waals surface area contributed by atoms with Gasteiger partial charge < -0.3 is 15.2 Å². The zero-order valence-corrected chi connectivity index (χ0v) is 21.8. The maximum absolute atomic E-state index is 13.8. The molecule has 1 aromatic carbocycles. The van der Waals surface area contributed by atoms with Crippen molar-refractivity contribution in [2.75, 3.05) is 18.0 Å². The van der Waals surface area contributed by atoms with Crippen LogP contribution in [0, 0.1) is 0 Å². The van der Waals surface area contributed by atoms with Gasteiger partial charge in [-0.3, -0.25) is 18.7 Å². The van der Waals surface area contributed by atoms with Crippen LogP contribution in [0.1, 0.15) is 62.4 Å². The molecule has 1 aliphatic rings. The summed E-state index contributed by atoms with van der Waals surface area (Å²) < 4.78 is 4.25. The topological polar surface area (TPSA) is 108 Å². The Labute approximate surface area is 210 Å². The molecule has 2 aromatic heterocycles. The van der Waals surface area contributed by atoms with Crippen LogP contribution in [-0.2, 0) is 20.1 Å². The third-order valence-corrected chi connectivity index (χ3v) is 6.82. The summed E-state index contributed by atoms with van der Waals surface area (Å²) in [5.74, 6) is 0.491. The van der Waals surface area contributed by atoms with E-state index in [1.165, 1.54) is 4.57 Å². The molecular formula is C27H36N6O3. The van der Waals surface area contributed by atoms with Gasteiger partial charge in [-0.1, -0.05) is 49.8 Å². The Morgan fingerprint density at radius 1 is 1.19 bits per heavy atom. The largest absolute Gasteiger partial charge is 0.341 e. The summed E-state index contributed by atoms with van der Waals surface area (Å²) in [6.07, 6.45) is 3.89. The molecule has 1 aliphatic heterocycles. The molecule has 9 nitrogen and oxygen atoms in total. The molecule has 3 aromatic rings. The lowest BCUT2D eigenvalue weighted by Crippen LogP contribution is -2.44. The Morgan fingerprint density at radius 3 is 2.58 bits per heavy atom. The van der Waals surface area contributed by atoms with E-state index >= 15 is 0 Å². The first-order chi connectivity index (χ1) is 17.1. The molecule has 0 bridgehead atoms. The normalized spacial score (nSPS) is 16.1. The lowest BCUT2D eigenvalue weighted by Gasteiger charge is -2.31. The molecule has 36 heavy (non-hydrogen) atoms. The summed E-state index contributed by atoms with van der Waals surface area (Å²) in [6.45, 7) is 9.52. The van der Waals surface area contributed by atoms with E-state index in [1.807, 2.05) is 50.5 Å². The van der Waals surface area contributed by atoms with Crippen LogP contribution in [0.15, 0.2) is 45.5 Å². The van der Waals surface area contributed by atoms with E-state index in [-0.39, 0.29) is 24.3 Å². The summed E-state index contributed by atoms with van der Waals surface area (Å²) in [6, 6.07) is 7.37. The van der Waals surface area contributed by atoms with Crippen molar-refractivity contribution in [2.45, 2.75) is 65.6 Å². The first-order valence-corrected chi connectivity index (χ1v) is 12.6. The zero-order valence-electron chi connectivity index (χ0n) is 21.8. The number of imidazole rings is 1. The lowest BCUT2D eigenvalue weighted by atomic mass is 9.95. The van der Waals surface area contributed by atoms with Crippen molar-refractivity contribution in [3.8, 4) is 0 Å². The average molecular weight is 493 g/mol. The molecule has 4 rings (SSSR count). The van der Waals surface area contributed by atoms with Gasteiger partial charge in [0.25, 0.3) is 5.56 Å². The summed E-state index contributed by atoms with van der Waals surface area (Å²) in [5, 5.41) is 0. The Kier molecular flexibility index (Phi) is 7.31. The number of rotatable bonds is 7. The number of nitrogens with zero attached hydrogens (tertiary/aromatic N) is 5. The SMILES string of the molecule is CC(C)=CCn1c(N2CCCC(N)C2)nc2c1c(=O)n(CC(=O)c1ccccc1C(C)C)c(=O)n2C. The van der Waals surface area contributed by atoms with Crippen LogP contribution in [0.4, 0.5) is 5.95 Å². The summed E-state index contributed by atoms with van der Waals surface area (Å²) in [5.41, 5.74) is 8.32. The fourth-order valence-corrected chi connectivity index (χ4v) is 4.86. The van der Waals surface area contributed by atoms with Crippen LogP contribution >= 0.6 is 0 Å². The Balaban J connectivity index is 1.88. The fourth-order valence-electron chi connectivity index (χ4n) is 4.86. The van der Waals surface area contributed by atoms with Crippen LogP contribution in [0.3, 0.4) is 0 Å². The van der Waals surface area contributed by atoms with E-state index in [0.29, 0.717) is 35.8 Å². The number of Topliss-reactive ketones (excluding diaryl/α,β-unsaturated/α-hetero) is 1. The number of fused-ring (bicyclic) bond motifs is 1. The molecule has 9 heteroatoms. The lowest BCUT2D eigenvalue weighted by molar-refractivity contribution is 0.0967. The Morgan fingerprint density at radius 2 is 1.92 bits per heavy atom. The number of nitrogens with two attached hydrogens (primary N) is 1. The van der Waals surface area contributed by atoms with Crippen LogP contribution < -0.4 is 21.9 Å². The number of ketones is 1. The van der Waals surface area contributed by atoms with Gasteiger partial charge in [0.1, 0.15) is 0 Å². The number of hydrogen-bond acceptors (Lipinski definition) is 6. The maximum Gasteiger partial charge on any atom is 0.332 e. The van der Waals surface area contributed by atoms with Crippen molar-refractivity contribution in [1.82, 2.24) is 18.7 Å². The molecule has 0 radical (unpaired) electrons. The molecule has 1 saturated heterocycles. The fraction of sp³-hybridized carbons (Fsp3) is 0.481. The second kappa shape index (κ2) is 10.3. The van der Waals surface area contributed by atoms with Gasteiger partial charge in [0.2, 0.25) is 5.95 Å². The summed E-state index contributed by atoms with van der Waals surface area (Å²) >= 11 is 0. The van der Waals surface area contributed by atoms with Gasteiger partial charge in [0.05, 0.1) is 6.54 Å². The van der Waals surface area contributed by atoms with Gasteiger partial charge in [-0.2, -0.15) is 4.98 Å². The van der Waals surface area contributed by atoms with Gasteiger partial charge in [-0.15, -0.1) is 0 Å². The van der Waals surface area contributed by atoms with Crippen LogP contribution in [0.25, 0.3) is 11.2 Å². The van der Waals surface area contributed by atoms with E-state index in [2.05, 4.69) is 4.90 Å². The third-order valence-electron chi connectivity index (χ3n) is 6.82. The minimum Gasteiger partial charge on any atom is -0.341 e. The van der Waals surface area contributed by atoms with Gasteiger partial charge in [0.15, 0.2) is 16.9 Å². The van der Waals surface area contributed by atoms with Crippen molar-refractivity contribution in [1.29, 1.82) is 0 Å². The number of benzene rings is 1. The standard InChI is InChI=1S/C27H36N6O3/c1-17(2)12-14-32-23-24(29-26(32)31-13-8-9-19(28)15-31)30(5)27(36)33(25(23)35)16-22(34)21-11-7-6-10-20(21)18(3)4/h6-7,10-12,18-19H,8-9,13-16,28H2,1-5H3. The van der Waals surface area contributed by atoms with Gasteiger partial charge in [-0.05, 0) is 38.2 Å². The van der Waals surface area contributed by atoms with Crippen molar-refractivity contribution < 1.29 is 4.79 Å². The minimum atomic E-state index is -0.559. The number of hydrogen-bond donors (Lipinski definition) is 1. The Bertz CT molecular complexity index is 1440. The molecule has 0 saturated carbocycles. The van der Waals surface area contributed by atoms with E-state index in [9.17, 15) is 14.4 Å². The molecular weight excluding hydrogens is 456 g/mol. The highest BCUT2D eigenvalue weighted by molar-refractivity contribution is 5.97. The highest BCUT2D eigenvalue weighted by Gasteiger charge is 2.27. The maximum atomic E-state index is 13.8. The first kappa shape index (κ1) is 25.6. The molecule has 3 heterocycles. The molecule has 0 amide bonds. The third kappa shape index (κ3) is 4.80. The molecule has 2 N–H and O–H groups in total. The predicted octanol–water partition coefficient (Wildman–Crippen LogP) is 2.80. The van der Waals surface area contributed by atoms with E-state index in [4.69, 9.17) is 10.7 Å². The molecule has 0 spiro atoms. The average Bonchev–Trinajstić information content (AvgIpc) is 3.23. The van der Waals surface area contributed by atoms with Crippen molar-refractivity contribution in [2.24, 2.45) is 12.8 Å². The van der Waals surface area contributed by atoms with E-state index < -0.39 is 11.2 Å². The second-order valence-corrected chi connectivity index (χ2v) is 10.2. The quantitative estimate of drug-likeness (QED) is 0.401. The number of piperidine rings is 1. The predicted molar refractivity (Wildman–Crippen MR) is 143 cm³/mol. The first-order valence-electron chi connectivity index (χ1n) is 12.6. The molecule has 1 unspecified atom stereocenters. The number of allylic oxidation sites excluding steroid dienone is 2. The smallest absolute Gasteiger partial charge is 0.332 e. The highest BCUT2D eigenvalue weighted by atomic mass is 16.2. The minimum absolute atomic E-state index is 0.0228. The van der Waals surface area contributed by atoms with Crippen molar-refractivity contribution >= 4 is 22.9 Å². The van der Waals surface area contributed by atoms with Crippen molar-refractivity contribution in [3.05, 3.63) is 67.9 Å². The molecule has 0 aliphatic carbocycles. The molecule has 1 fully saturated rings. The highest BCUT2D eigenvalue weighted by Crippen LogP contribution is 2.24. The van der Waals surface area contributed by atoms with E-state index in [0.717, 1.165) is 35.1 Å². The molecule has 1 atom stereocenters. The van der Waals surface area contributed by atoms with Gasteiger partial charge in [-0.25, -0.2) is 4.79 Å². The number of carbonyl (C=O) groups is 1. The Hall–Kier alpha value is -3.46. The number of aryl methyl sites for hydroxylation is 1. The van der Waals surface area contributed by atoms with Crippen LogP contribution in [0.5, 0.6) is 0 Å². The summed E-state index contributed by atoms with van der Waals surface area (Å²) in [4.78, 5) is 47.2. The van der Waals surface area contributed by atoms with Gasteiger partial charge in [0, 0.05) is 38.3 Å². The number of aromatic nitrogens is 4. The summed E-state index contributed by atoms with van der Waals surface area (Å²) in [7, 11) is 1.59. The number of carbonyl (C=O) groups excluding carboxylic acids is 1. The molecule has 192 valence electrons. The monoisotopic (exact) mass is 492 g/mol. The van der Waals surface area contributed by atoms with Crippen LogP contribution in [-0.4, -0.2) is 43.6 Å². The van der Waals surface area contributed by atoms with Gasteiger partial charge >= 0.3 is 5.69 Å². The van der Waals surface area contributed by atoms with Crippen molar-refractivity contribution in [3.63, 3.8) is 0 Å². The van der Waals surface area contributed by atoms with E-state index in [1.54, 1.807) is 19.2 Å². The number of anilines is 1. The van der Waals surface area contributed by atoms with Crippen LogP contribution in [0.2, 0.25) is 0 Å². The second-order valence-electron chi connectivity index (χ2n) is 10.2. The zero-order chi connectivity index (χ0) is 26.1.